The first-order valence-electron chi connectivity index (χ1n) is 3.45. The van der Waals surface area contributed by atoms with Crippen molar-refractivity contribution in [2.24, 2.45) is 0 Å². The Morgan fingerprint density at radius 2 is 2.08 bits per heavy atom. The fraction of sp³-hybridized carbons (Fsp3) is 0.167. The minimum Gasteiger partial charge on any atom is -0.287 e. The molecule has 0 bridgehead atoms. The first-order chi connectivity index (χ1) is 5.99. The first-order valence-corrected chi connectivity index (χ1v) is 5.01. The van der Waals surface area contributed by atoms with Crippen LogP contribution in [0.25, 0.3) is 0 Å². The second-order valence-corrected chi connectivity index (χ2v) is 3.65. The molecule has 0 aliphatic heterocycles. The number of aromatic nitrogens is 1. The predicted octanol–water partition coefficient (Wildman–Crippen LogP) is -0.815. The molecule has 13 heavy (non-hydrogen) atoms. The number of rotatable bonds is 3. The Bertz CT molecular complexity index is 288. The number of pyridine rings is 1. The lowest BCUT2D eigenvalue weighted by Gasteiger charge is -2.02. The van der Waals surface area contributed by atoms with Gasteiger partial charge in [-0.1, -0.05) is 6.07 Å². The molecule has 5 N–H and O–H groups in total. The zero-order valence-corrected chi connectivity index (χ0v) is 7.63. The summed E-state index contributed by atoms with van der Waals surface area (Å²) in [5, 5.41) is 0. The Morgan fingerprint density at radius 3 is 2.62 bits per heavy atom. The van der Waals surface area contributed by atoms with Crippen LogP contribution in [0.2, 0.25) is 0 Å². The molecule has 1 aromatic heterocycles. The van der Waals surface area contributed by atoms with Gasteiger partial charge in [0.25, 0.3) is 5.82 Å². The van der Waals surface area contributed by atoms with E-state index in [1.54, 1.807) is 24.4 Å². The largest absolute Gasteiger partial charge is 0.571 e. The molecule has 0 aliphatic rings. The lowest BCUT2D eigenvalue weighted by molar-refractivity contribution is -0.712. The molecule has 0 amide bonds. The van der Waals surface area contributed by atoms with Gasteiger partial charge in [0.2, 0.25) is 6.73 Å². The lowest BCUT2D eigenvalue weighted by Crippen LogP contribution is -2.37. The second kappa shape index (κ2) is 3.95. The maximum atomic E-state index is 8.52. The molecule has 72 valence electrons. The van der Waals surface area contributed by atoms with Gasteiger partial charge in [-0.2, -0.15) is 14.7 Å². The summed E-state index contributed by atoms with van der Waals surface area (Å²) in [6.45, 7) is -0.204. The Hall–Kier alpha value is -0.780. The molecule has 7 heteroatoms. The SMILES string of the molecule is Nc1cccc[n+]1CO[P+](O)(O)O. The van der Waals surface area contributed by atoms with Crippen LogP contribution in [0.5, 0.6) is 0 Å². The van der Waals surface area contributed by atoms with Gasteiger partial charge in [0, 0.05) is 6.07 Å². The van der Waals surface area contributed by atoms with Gasteiger partial charge in [-0.3, -0.25) is 5.73 Å². The van der Waals surface area contributed by atoms with Crippen molar-refractivity contribution in [3.63, 3.8) is 0 Å². The highest BCUT2D eigenvalue weighted by molar-refractivity contribution is 7.53. The van der Waals surface area contributed by atoms with Crippen molar-refractivity contribution in [1.29, 1.82) is 0 Å². The van der Waals surface area contributed by atoms with Crippen molar-refractivity contribution in [2.75, 3.05) is 5.73 Å². The van der Waals surface area contributed by atoms with E-state index in [0.717, 1.165) is 0 Å². The molecule has 0 aliphatic carbocycles. The van der Waals surface area contributed by atoms with E-state index in [-0.39, 0.29) is 6.73 Å². The molecule has 0 saturated heterocycles. The van der Waals surface area contributed by atoms with Gasteiger partial charge in [-0.15, -0.1) is 4.52 Å². The van der Waals surface area contributed by atoms with Crippen molar-refractivity contribution >= 4 is 14.0 Å². The molecule has 0 radical (unpaired) electrons. The Balaban J connectivity index is 2.60. The third-order valence-corrected chi connectivity index (χ3v) is 1.81. The van der Waals surface area contributed by atoms with Gasteiger partial charge in [-0.25, -0.2) is 4.57 Å². The van der Waals surface area contributed by atoms with Crippen LogP contribution in [-0.4, -0.2) is 14.7 Å². The summed E-state index contributed by atoms with van der Waals surface area (Å²) < 4.78 is 5.77. The zero-order valence-electron chi connectivity index (χ0n) is 6.74. The monoisotopic (exact) mass is 206 g/mol. The van der Waals surface area contributed by atoms with E-state index in [0.29, 0.717) is 5.82 Å². The maximum absolute atomic E-state index is 8.52. The molecule has 0 unspecified atom stereocenters. The van der Waals surface area contributed by atoms with Gasteiger partial charge >= 0.3 is 8.17 Å². The molecule has 0 atom stereocenters. The van der Waals surface area contributed by atoms with E-state index in [2.05, 4.69) is 4.52 Å². The summed E-state index contributed by atoms with van der Waals surface area (Å²) >= 11 is 0. The van der Waals surface area contributed by atoms with Gasteiger partial charge in [0.15, 0.2) is 0 Å². The average molecular weight is 206 g/mol. The molecule has 0 fully saturated rings. The molecule has 1 aromatic rings. The predicted molar refractivity (Wildman–Crippen MR) is 45.7 cm³/mol. The van der Waals surface area contributed by atoms with E-state index in [9.17, 15) is 0 Å². The van der Waals surface area contributed by atoms with Crippen LogP contribution in [-0.2, 0) is 11.3 Å². The molecule has 0 saturated carbocycles. The highest BCUT2D eigenvalue weighted by Gasteiger charge is 2.34. The smallest absolute Gasteiger partial charge is 0.287 e. The Kier molecular flexibility index (Phi) is 3.13. The molecule has 1 rings (SSSR count). The third-order valence-electron chi connectivity index (χ3n) is 1.35. The Labute approximate surface area is 75.5 Å². The summed E-state index contributed by atoms with van der Waals surface area (Å²) in [5.41, 5.74) is 5.50. The van der Waals surface area contributed by atoms with Crippen LogP contribution in [0, 0.1) is 0 Å². The van der Waals surface area contributed by atoms with Crippen molar-refractivity contribution in [3.8, 4) is 0 Å². The summed E-state index contributed by atoms with van der Waals surface area (Å²) in [6, 6.07) is 5.05. The topological polar surface area (TPSA) is 99.8 Å². The summed E-state index contributed by atoms with van der Waals surface area (Å²) in [6.07, 6.45) is 1.59. The van der Waals surface area contributed by atoms with Crippen LogP contribution in [0.15, 0.2) is 24.4 Å². The van der Waals surface area contributed by atoms with Gasteiger partial charge in [0.05, 0.1) is 6.20 Å². The Morgan fingerprint density at radius 1 is 1.38 bits per heavy atom. The number of nitrogens with two attached hydrogens (primary N) is 1. The minimum atomic E-state index is -4.18. The molecule has 1 heterocycles. The molecule has 0 spiro atoms. The van der Waals surface area contributed by atoms with E-state index in [4.69, 9.17) is 20.4 Å². The fourth-order valence-corrected chi connectivity index (χ4v) is 1.03. The number of nitrogen functional groups attached to an aromatic ring is 1. The average Bonchev–Trinajstić information content (AvgIpc) is 2.01. The maximum Gasteiger partial charge on any atom is 0.571 e. The van der Waals surface area contributed by atoms with Gasteiger partial charge in [-0.05, 0) is 6.07 Å². The molecule has 0 aromatic carbocycles. The standard InChI is InChI=1S/C6H10N2O4P/c7-6-3-1-2-4-8(6)5-12-13(9,10)11/h1-4,7,9-11H,5H2/q+1/p+1. The van der Waals surface area contributed by atoms with Crippen molar-refractivity contribution in [1.82, 2.24) is 0 Å². The number of hydrogen-bond donors (Lipinski definition) is 4. The van der Waals surface area contributed by atoms with Crippen LogP contribution < -0.4 is 10.3 Å². The molecule has 6 nitrogen and oxygen atoms in total. The third kappa shape index (κ3) is 3.63. The molecular weight excluding hydrogens is 195 g/mol. The minimum absolute atomic E-state index is 0.204. The van der Waals surface area contributed by atoms with E-state index in [1.807, 2.05) is 0 Å². The van der Waals surface area contributed by atoms with Crippen LogP contribution in [0.4, 0.5) is 5.82 Å². The first kappa shape index (κ1) is 10.3. The van der Waals surface area contributed by atoms with Crippen LogP contribution in [0.1, 0.15) is 0 Å². The van der Waals surface area contributed by atoms with Gasteiger partial charge in [0.1, 0.15) is 0 Å². The summed E-state index contributed by atoms with van der Waals surface area (Å²) in [5.74, 6) is 0.399. The van der Waals surface area contributed by atoms with E-state index >= 15 is 0 Å². The quantitative estimate of drug-likeness (QED) is 0.382. The highest BCUT2D eigenvalue weighted by Crippen LogP contribution is 2.45. The van der Waals surface area contributed by atoms with Crippen LogP contribution >= 0.6 is 8.17 Å². The van der Waals surface area contributed by atoms with E-state index in [1.165, 1.54) is 4.57 Å². The lowest BCUT2D eigenvalue weighted by atomic mass is 10.4. The highest BCUT2D eigenvalue weighted by atomic mass is 31.2. The summed E-state index contributed by atoms with van der Waals surface area (Å²) in [4.78, 5) is 25.5. The van der Waals surface area contributed by atoms with Crippen molar-refractivity contribution < 1.29 is 23.8 Å². The fourth-order valence-electron chi connectivity index (χ4n) is 0.747. The van der Waals surface area contributed by atoms with Crippen molar-refractivity contribution in [3.05, 3.63) is 24.4 Å². The number of hydrogen-bond acceptors (Lipinski definition) is 5. The van der Waals surface area contributed by atoms with Gasteiger partial charge < -0.3 is 0 Å². The second-order valence-electron chi connectivity index (χ2n) is 2.37. The zero-order chi connectivity index (χ0) is 9.90. The molecular formula is C6H11N2O4P+2. The van der Waals surface area contributed by atoms with E-state index < -0.39 is 8.17 Å². The number of nitrogens with zero attached hydrogens (tertiary/aromatic N) is 1. The van der Waals surface area contributed by atoms with Crippen LogP contribution in [0.3, 0.4) is 0 Å². The number of anilines is 1. The normalized spacial score (nSPS) is 11.6. The summed E-state index contributed by atoms with van der Waals surface area (Å²) in [7, 11) is -4.18. The van der Waals surface area contributed by atoms with Crippen molar-refractivity contribution in [2.45, 2.75) is 6.73 Å².